The molecular formula is C16H24FN3O. The molecule has 2 rings (SSSR count). The van der Waals surface area contributed by atoms with E-state index >= 15 is 0 Å². The Morgan fingerprint density at radius 2 is 2.10 bits per heavy atom. The molecule has 0 heterocycles. The second-order valence-corrected chi connectivity index (χ2v) is 5.98. The molecule has 0 bridgehead atoms. The minimum atomic E-state index is -0.397. The minimum Gasteiger partial charge on any atom is -0.302 e. The summed E-state index contributed by atoms with van der Waals surface area (Å²) >= 11 is 0. The normalized spacial score (nSPS) is 16.2. The average Bonchev–Trinajstić information content (AvgIpc) is 2.49. The van der Waals surface area contributed by atoms with E-state index in [2.05, 4.69) is 10.3 Å². The predicted octanol–water partition coefficient (Wildman–Crippen LogP) is 2.44. The third-order valence-electron chi connectivity index (χ3n) is 4.17. The summed E-state index contributed by atoms with van der Waals surface area (Å²) < 4.78 is 13.9. The highest BCUT2D eigenvalue weighted by molar-refractivity contribution is 5.93. The van der Waals surface area contributed by atoms with Gasteiger partial charge in [-0.2, -0.15) is 0 Å². The number of nitrogens with one attached hydrogen (secondary N) is 1. The van der Waals surface area contributed by atoms with Gasteiger partial charge in [-0.15, -0.1) is 0 Å². The molecule has 0 atom stereocenters. The Hall–Kier alpha value is -1.46. The summed E-state index contributed by atoms with van der Waals surface area (Å²) in [6.07, 6.45) is 6.48. The highest BCUT2D eigenvalue weighted by atomic mass is 19.1. The summed E-state index contributed by atoms with van der Waals surface area (Å²) in [4.78, 5) is 13.6. The van der Waals surface area contributed by atoms with Crippen molar-refractivity contribution in [3.05, 3.63) is 35.1 Å². The van der Waals surface area contributed by atoms with Crippen LogP contribution >= 0.6 is 0 Å². The molecule has 0 spiro atoms. The summed E-state index contributed by atoms with van der Waals surface area (Å²) in [6, 6.07) is 4.35. The van der Waals surface area contributed by atoms with Crippen LogP contribution in [0, 0.1) is 11.7 Å². The number of hydrogen-bond donors (Lipinski definition) is 2. The summed E-state index contributed by atoms with van der Waals surface area (Å²) in [5.41, 5.74) is 3.00. The molecule has 0 unspecified atom stereocenters. The van der Waals surface area contributed by atoms with Crippen LogP contribution in [0.15, 0.2) is 18.2 Å². The van der Waals surface area contributed by atoms with E-state index in [0.717, 1.165) is 6.54 Å². The van der Waals surface area contributed by atoms with Gasteiger partial charge in [0.1, 0.15) is 5.82 Å². The number of amides is 1. The molecule has 21 heavy (non-hydrogen) atoms. The summed E-state index contributed by atoms with van der Waals surface area (Å²) in [5, 5.41) is 0. The number of halogens is 1. The van der Waals surface area contributed by atoms with Crippen LogP contribution in [0.2, 0.25) is 0 Å². The van der Waals surface area contributed by atoms with Crippen molar-refractivity contribution in [2.24, 2.45) is 11.8 Å². The van der Waals surface area contributed by atoms with Gasteiger partial charge in [-0.05, 0) is 44.0 Å². The van der Waals surface area contributed by atoms with Gasteiger partial charge in [0.05, 0.1) is 0 Å². The Balaban J connectivity index is 1.98. The number of rotatable bonds is 5. The molecule has 0 aliphatic heterocycles. The molecule has 0 radical (unpaired) electrons. The molecule has 1 aliphatic rings. The molecule has 116 valence electrons. The van der Waals surface area contributed by atoms with Gasteiger partial charge in [0.15, 0.2) is 0 Å². The third kappa shape index (κ3) is 4.51. The van der Waals surface area contributed by atoms with Crippen LogP contribution in [0.1, 0.15) is 48.0 Å². The summed E-state index contributed by atoms with van der Waals surface area (Å²) in [5.74, 6) is 5.15. The first-order chi connectivity index (χ1) is 10.1. The number of carbonyl (C=O) groups is 1. The molecular weight excluding hydrogens is 269 g/mol. The Kier molecular flexibility index (Phi) is 5.70. The van der Waals surface area contributed by atoms with Gasteiger partial charge in [0.25, 0.3) is 5.91 Å². The number of hydrogen-bond acceptors (Lipinski definition) is 3. The molecule has 1 amide bonds. The van der Waals surface area contributed by atoms with Crippen molar-refractivity contribution in [2.75, 3.05) is 13.6 Å². The molecule has 4 nitrogen and oxygen atoms in total. The fraction of sp³-hybridized carbons (Fsp3) is 0.562. The standard InChI is InChI=1S/C16H24FN3O/c1-20(10-12-5-3-2-4-6-12)11-14-9-13(16(21)19-18)7-8-15(14)17/h7-9,12H,2-6,10-11,18H2,1H3,(H,19,21). The molecule has 3 N–H and O–H groups in total. The fourth-order valence-electron chi connectivity index (χ4n) is 3.09. The van der Waals surface area contributed by atoms with Gasteiger partial charge < -0.3 is 4.90 Å². The lowest BCUT2D eigenvalue weighted by molar-refractivity contribution is 0.0953. The van der Waals surface area contributed by atoms with Crippen LogP contribution in [0.4, 0.5) is 4.39 Å². The molecule has 0 saturated heterocycles. The third-order valence-corrected chi connectivity index (χ3v) is 4.17. The van der Waals surface area contributed by atoms with Crippen molar-refractivity contribution >= 4 is 5.91 Å². The van der Waals surface area contributed by atoms with Crippen LogP contribution in [0.25, 0.3) is 0 Å². The predicted molar refractivity (Wildman–Crippen MR) is 81.0 cm³/mol. The molecule has 5 heteroatoms. The van der Waals surface area contributed by atoms with Crippen molar-refractivity contribution in [3.63, 3.8) is 0 Å². The van der Waals surface area contributed by atoms with Crippen molar-refractivity contribution in [3.8, 4) is 0 Å². The van der Waals surface area contributed by atoms with E-state index in [1.54, 1.807) is 6.07 Å². The van der Waals surface area contributed by atoms with Crippen LogP contribution in [-0.2, 0) is 6.54 Å². The van der Waals surface area contributed by atoms with Gasteiger partial charge in [0.2, 0.25) is 0 Å². The summed E-state index contributed by atoms with van der Waals surface area (Å²) in [6.45, 7) is 1.49. The maximum Gasteiger partial charge on any atom is 0.265 e. The Morgan fingerprint density at radius 3 is 2.76 bits per heavy atom. The minimum absolute atomic E-state index is 0.279. The van der Waals surface area contributed by atoms with Crippen molar-refractivity contribution in [2.45, 2.75) is 38.6 Å². The second-order valence-electron chi connectivity index (χ2n) is 5.98. The largest absolute Gasteiger partial charge is 0.302 e. The lowest BCUT2D eigenvalue weighted by Gasteiger charge is -2.27. The summed E-state index contributed by atoms with van der Waals surface area (Å²) in [7, 11) is 2.00. The smallest absolute Gasteiger partial charge is 0.265 e. The van der Waals surface area contributed by atoms with Gasteiger partial charge >= 0.3 is 0 Å². The lowest BCUT2D eigenvalue weighted by atomic mass is 9.89. The molecule has 1 fully saturated rings. The number of benzene rings is 1. The monoisotopic (exact) mass is 293 g/mol. The van der Waals surface area contributed by atoms with Crippen LogP contribution in [0.3, 0.4) is 0 Å². The van der Waals surface area contributed by atoms with E-state index in [0.29, 0.717) is 23.6 Å². The van der Waals surface area contributed by atoms with Crippen LogP contribution in [-0.4, -0.2) is 24.4 Å². The highest BCUT2D eigenvalue weighted by Gasteiger charge is 2.17. The van der Waals surface area contributed by atoms with E-state index in [1.807, 2.05) is 7.05 Å². The number of nitrogens with two attached hydrogens (primary N) is 1. The van der Waals surface area contributed by atoms with Gasteiger partial charge in [0, 0.05) is 24.2 Å². The van der Waals surface area contributed by atoms with E-state index in [4.69, 9.17) is 5.84 Å². The van der Waals surface area contributed by atoms with Gasteiger partial charge in [-0.3, -0.25) is 10.2 Å². The Labute approximate surface area is 125 Å². The Morgan fingerprint density at radius 1 is 1.38 bits per heavy atom. The average molecular weight is 293 g/mol. The maximum atomic E-state index is 13.9. The number of hydrazine groups is 1. The molecule has 1 aromatic rings. The van der Waals surface area contributed by atoms with E-state index in [-0.39, 0.29) is 5.82 Å². The van der Waals surface area contributed by atoms with Crippen molar-refractivity contribution in [1.82, 2.24) is 10.3 Å². The maximum absolute atomic E-state index is 13.9. The topological polar surface area (TPSA) is 58.4 Å². The van der Waals surface area contributed by atoms with Crippen molar-refractivity contribution in [1.29, 1.82) is 0 Å². The van der Waals surface area contributed by atoms with E-state index < -0.39 is 5.91 Å². The van der Waals surface area contributed by atoms with E-state index in [9.17, 15) is 9.18 Å². The fourth-order valence-corrected chi connectivity index (χ4v) is 3.09. The van der Waals surface area contributed by atoms with Crippen LogP contribution < -0.4 is 11.3 Å². The zero-order valence-electron chi connectivity index (χ0n) is 12.6. The molecule has 1 aromatic carbocycles. The number of carbonyl (C=O) groups excluding carboxylic acids is 1. The zero-order chi connectivity index (χ0) is 15.2. The SMILES string of the molecule is CN(Cc1cc(C(=O)NN)ccc1F)CC1CCCCC1. The molecule has 1 saturated carbocycles. The zero-order valence-corrected chi connectivity index (χ0v) is 12.6. The first-order valence-corrected chi connectivity index (χ1v) is 7.58. The number of nitrogen functional groups attached to an aromatic ring is 1. The van der Waals surface area contributed by atoms with Gasteiger partial charge in [-0.1, -0.05) is 19.3 Å². The molecule has 1 aliphatic carbocycles. The van der Waals surface area contributed by atoms with E-state index in [1.165, 1.54) is 44.2 Å². The van der Waals surface area contributed by atoms with Crippen LogP contribution in [0.5, 0.6) is 0 Å². The molecule has 0 aromatic heterocycles. The van der Waals surface area contributed by atoms with Crippen molar-refractivity contribution < 1.29 is 9.18 Å². The quantitative estimate of drug-likeness (QED) is 0.498. The second kappa shape index (κ2) is 7.52. The lowest BCUT2D eigenvalue weighted by Crippen LogP contribution is -2.30. The first-order valence-electron chi connectivity index (χ1n) is 7.58. The van der Waals surface area contributed by atoms with Gasteiger partial charge in [-0.25, -0.2) is 10.2 Å². The highest BCUT2D eigenvalue weighted by Crippen LogP contribution is 2.24. The Bertz CT molecular complexity index is 486. The first kappa shape index (κ1) is 15.9. The number of nitrogens with zero attached hydrogens (tertiary/aromatic N) is 1.